The summed E-state index contributed by atoms with van der Waals surface area (Å²) in [5, 5.41) is 0. The van der Waals surface area contributed by atoms with E-state index in [-0.39, 0.29) is 6.04 Å². The van der Waals surface area contributed by atoms with Gasteiger partial charge in [-0.15, -0.1) is 0 Å². The molecule has 1 saturated carbocycles. The van der Waals surface area contributed by atoms with Crippen LogP contribution in [0.1, 0.15) is 19.8 Å². The Morgan fingerprint density at radius 3 is 2.54 bits per heavy atom. The Kier molecular flexibility index (Phi) is 3.66. The summed E-state index contributed by atoms with van der Waals surface area (Å²) in [6, 6.07) is -0.0935. The van der Waals surface area contributed by atoms with Gasteiger partial charge in [-0.1, -0.05) is 6.92 Å². The van der Waals surface area contributed by atoms with E-state index >= 15 is 0 Å². The quantitative estimate of drug-likeness (QED) is 0.531. The lowest BCUT2D eigenvalue weighted by molar-refractivity contribution is 0.511. The van der Waals surface area contributed by atoms with Crippen molar-refractivity contribution in [3.05, 3.63) is 0 Å². The van der Waals surface area contributed by atoms with E-state index in [1.54, 1.807) is 6.92 Å². The average molecular weight is 207 g/mol. The smallest absolute Gasteiger partial charge is 0.277 e. The minimum Gasteiger partial charge on any atom is -0.329 e. The monoisotopic (exact) mass is 207 g/mol. The minimum atomic E-state index is -3.33. The Balaban J connectivity index is 2.44. The van der Waals surface area contributed by atoms with Gasteiger partial charge in [0.05, 0.1) is 0 Å². The zero-order chi connectivity index (χ0) is 9.90. The van der Waals surface area contributed by atoms with Crippen LogP contribution < -0.4 is 15.2 Å². The molecule has 0 aromatic carbocycles. The fourth-order valence-electron chi connectivity index (χ4n) is 1.27. The zero-order valence-corrected chi connectivity index (χ0v) is 8.60. The van der Waals surface area contributed by atoms with E-state index in [2.05, 4.69) is 9.44 Å². The van der Waals surface area contributed by atoms with Crippen LogP contribution >= 0.6 is 0 Å². The second kappa shape index (κ2) is 4.36. The second-order valence-corrected chi connectivity index (χ2v) is 4.83. The number of nitrogens with two attached hydrogens (primary N) is 1. The summed E-state index contributed by atoms with van der Waals surface area (Å²) >= 11 is 0. The Hall–Kier alpha value is -0.170. The molecule has 6 heteroatoms. The van der Waals surface area contributed by atoms with Gasteiger partial charge in [0.15, 0.2) is 0 Å². The molecule has 1 rings (SSSR count). The number of nitrogens with one attached hydrogen (secondary N) is 2. The fraction of sp³-hybridized carbons (Fsp3) is 1.00. The summed E-state index contributed by atoms with van der Waals surface area (Å²) in [4.78, 5) is 0. The van der Waals surface area contributed by atoms with Crippen LogP contribution in [-0.4, -0.2) is 27.5 Å². The third-order valence-corrected chi connectivity index (χ3v) is 3.37. The average Bonchev–Trinajstić information content (AvgIpc) is 2.82. The third-order valence-electron chi connectivity index (χ3n) is 2.09. The maximum atomic E-state index is 11.3. The predicted octanol–water partition coefficient (Wildman–Crippen LogP) is -0.832. The molecular weight excluding hydrogens is 190 g/mol. The molecular formula is C7H17N3O2S. The van der Waals surface area contributed by atoms with Crippen LogP contribution in [0.2, 0.25) is 0 Å². The van der Waals surface area contributed by atoms with Gasteiger partial charge < -0.3 is 5.73 Å². The summed E-state index contributed by atoms with van der Waals surface area (Å²) in [6.45, 7) is 2.51. The number of hydrogen-bond acceptors (Lipinski definition) is 3. The normalized spacial score (nSPS) is 20.2. The van der Waals surface area contributed by atoms with Crippen molar-refractivity contribution < 1.29 is 8.42 Å². The highest BCUT2D eigenvalue weighted by Crippen LogP contribution is 2.32. The van der Waals surface area contributed by atoms with Crippen molar-refractivity contribution in [2.45, 2.75) is 25.8 Å². The first-order chi connectivity index (χ1) is 6.09. The lowest BCUT2D eigenvalue weighted by Gasteiger charge is -2.15. The molecule has 0 aromatic rings. The molecule has 1 unspecified atom stereocenters. The molecule has 0 aromatic heterocycles. The lowest BCUT2D eigenvalue weighted by atomic mass is 10.2. The Bertz CT molecular complexity index is 248. The molecule has 78 valence electrons. The van der Waals surface area contributed by atoms with Crippen molar-refractivity contribution in [3.8, 4) is 0 Å². The summed E-state index contributed by atoms with van der Waals surface area (Å²) in [5.41, 5.74) is 5.46. The van der Waals surface area contributed by atoms with E-state index in [4.69, 9.17) is 5.73 Å². The fourth-order valence-corrected chi connectivity index (χ4v) is 2.42. The highest BCUT2D eigenvalue weighted by Gasteiger charge is 2.32. The van der Waals surface area contributed by atoms with Crippen molar-refractivity contribution in [2.75, 3.05) is 13.1 Å². The van der Waals surface area contributed by atoms with Crippen LogP contribution in [0, 0.1) is 5.92 Å². The molecule has 0 spiro atoms. The van der Waals surface area contributed by atoms with Gasteiger partial charge in [0, 0.05) is 19.1 Å². The van der Waals surface area contributed by atoms with Crippen molar-refractivity contribution in [1.29, 1.82) is 0 Å². The molecule has 4 N–H and O–H groups in total. The van der Waals surface area contributed by atoms with Gasteiger partial charge in [-0.05, 0) is 18.8 Å². The van der Waals surface area contributed by atoms with Crippen LogP contribution in [-0.2, 0) is 10.2 Å². The van der Waals surface area contributed by atoms with Crippen molar-refractivity contribution >= 4 is 10.2 Å². The Morgan fingerprint density at radius 1 is 1.54 bits per heavy atom. The van der Waals surface area contributed by atoms with Crippen LogP contribution in [0.3, 0.4) is 0 Å². The lowest BCUT2D eigenvalue weighted by Crippen LogP contribution is -2.46. The van der Waals surface area contributed by atoms with Crippen molar-refractivity contribution in [1.82, 2.24) is 9.44 Å². The molecule has 1 fully saturated rings. The molecule has 1 aliphatic carbocycles. The van der Waals surface area contributed by atoms with Gasteiger partial charge in [-0.25, -0.2) is 4.72 Å². The SMILES string of the molecule is CCNS(=O)(=O)NC(CN)C1CC1. The topological polar surface area (TPSA) is 84.2 Å². The highest BCUT2D eigenvalue weighted by atomic mass is 32.2. The van der Waals surface area contributed by atoms with Crippen molar-refractivity contribution in [3.63, 3.8) is 0 Å². The van der Waals surface area contributed by atoms with Gasteiger partial charge in [0.25, 0.3) is 10.2 Å². The standard InChI is InChI=1S/C7H17N3O2S/c1-2-9-13(11,12)10-7(5-8)6-3-4-6/h6-7,9-10H,2-5,8H2,1H3. The van der Waals surface area contributed by atoms with Gasteiger partial charge in [-0.3, -0.25) is 0 Å². The Labute approximate surface area is 79.3 Å². The number of rotatable bonds is 6. The summed E-state index contributed by atoms with van der Waals surface area (Å²) in [7, 11) is -3.33. The van der Waals surface area contributed by atoms with Crippen LogP contribution in [0.25, 0.3) is 0 Å². The molecule has 1 atom stereocenters. The molecule has 0 bridgehead atoms. The van der Waals surface area contributed by atoms with Gasteiger partial charge in [0.1, 0.15) is 0 Å². The molecule has 13 heavy (non-hydrogen) atoms. The van der Waals surface area contributed by atoms with E-state index < -0.39 is 10.2 Å². The molecule has 0 aliphatic heterocycles. The van der Waals surface area contributed by atoms with E-state index in [0.717, 1.165) is 12.8 Å². The summed E-state index contributed by atoms with van der Waals surface area (Å²) in [5.74, 6) is 0.443. The van der Waals surface area contributed by atoms with Gasteiger partial charge in [0.2, 0.25) is 0 Å². The van der Waals surface area contributed by atoms with Crippen LogP contribution in [0.5, 0.6) is 0 Å². The maximum absolute atomic E-state index is 11.3. The van der Waals surface area contributed by atoms with Crippen LogP contribution in [0.15, 0.2) is 0 Å². The van der Waals surface area contributed by atoms with Crippen molar-refractivity contribution in [2.24, 2.45) is 11.7 Å². The first-order valence-electron chi connectivity index (χ1n) is 4.56. The van der Waals surface area contributed by atoms with E-state index in [0.29, 0.717) is 19.0 Å². The Morgan fingerprint density at radius 2 is 2.15 bits per heavy atom. The van der Waals surface area contributed by atoms with E-state index in [1.807, 2.05) is 0 Å². The predicted molar refractivity (Wildman–Crippen MR) is 51.3 cm³/mol. The molecule has 0 amide bonds. The molecule has 0 radical (unpaired) electrons. The maximum Gasteiger partial charge on any atom is 0.277 e. The van der Waals surface area contributed by atoms with Gasteiger partial charge >= 0.3 is 0 Å². The molecule has 0 saturated heterocycles. The minimum absolute atomic E-state index is 0.0935. The number of hydrogen-bond donors (Lipinski definition) is 3. The van der Waals surface area contributed by atoms with E-state index in [1.165, 1.54) is 0 Å². The van der Waals surface area contributed by atoms with E-state index in [9.17, 15) is 8.42 Å². The summed E-state index contributed by atoms with van der Waals surface area (Å²) in [6.07, 6.45) is 2.16. The largest absolute Gasteiger partial charge is 0.329 e. The first-order valence-corrected chi connectivity index (χ1v) is 6.04. The third kappa shape index (κ3) is 3.60. The van der Waals surface area contributed by atoms with Crippen LogP contribution in [0.4, 0.5) is 0 Å². The highest BCUT2D eigenvalue weighted by molar-refractivity contribution is 7.87. The molecule has 5 nitrogen and oxygen atoms in total. The molecule has 1 aliphatic rings. The zero-order valence-electron chi connectivity index (χ0n) is 7.79. The second-order valence-electron chi connectivity index (χ2n) is 3.30. The molecule has 0 heterocycles. The summed E-state index contributed by atoms with van der Waals surface area (Å²) < 4.78 is 27.4. The van der Waals surface area contributed by atoms with Gasteiger partial charge in [-0.2, -0.15) is 13.1 Å². The first kappa shape index (κ1) is 10.9.